The van der Waals surface area contributed by atoms with Crippen molar-refractivity contribution in [3.05, 3.63) is 60.0 Å². The van der Waals surface area contributed by atoms with E-state index in [1.165, 1.54) is 12.1 Å². The molecule has 1 unspecified atom stereocenters. The van der Waals surface area contributed by atoms with Crippen LogP contribution in [0, 0.1) is 11.2 Å². The van der Waals surface area contributed by atoms with Gasteiger partial charge in [0, 0.05) is 28.1 Å². The molecule has 0 radical (unpaired) electrons. The van der Waals surface area contributed by atoms with E-state index in [0.29, 0.717) is 22.6 Å². The Labute approximate surface area is 146 Å². The predicted octanol–water partition coefficient (Wildman–Crippen LogP) is 3.68. The van der Waals surface area contributed by atoms with Crippen LogP contribution in [-0.4, -0.2) is 21.8 Å². The normalized spacial score (nSPS) is 11.9. The largest absolute Gasteiger partial charge is 0.497 e. The van der Waals surface area contributed by atoms with Crippen LogP contribution < -0.4 is 9.47 Å². The van der Waals surface area contributed by atoms with Crippen molar-refractivity contribution in [2.75, 3.05) is 7.11 Å². The van der Waals surface area contributed by atoms with Crippen molar-refractivity contribution in [1.82, 2.24) is 4.98 Å². The first-order chi connectivity index (χ1) is 12.1. The van der Waals surface area contributed by atoms with Gasteiger partial charge in [-0.1, -0.05) is 6.07 Å². The summed E-state index contributed by atoms with van der Waals surface area (Å²) < 4.78 is 36.6. The number of aromatic nitrogens is 1. The minimum Gasteiger partial charge on any atom is -0.497 e. The van der Waals surface area contributed by atoms with Gasteiger partial charge in [0.15, 0.2) is 0 Å². The number of pyridine rings is 1. The van der Waals surface area contributed by atoms with Crippen LogP contribution in [0.4, 0.5) is 4.39 Å². The Morgan fingerprint density at radius 1 is 1.24 bits per heavy atom. The fraction of sp³-hybridized carbons (Fsp3) is 0.111. The van der Waals surface area contributed by atoms with Crippen molar-refractivity contribution in [2.24, 2.45) is 0 Å². The number of halogens is 1. The molecule has 0 aliphatic heterocycles. The van der Waals surface area contributed by atoms with Crippen LogP contribution in [0.3, 0.4) is 0 Å². The molecule has 3 rings (SSSR count). The van der Waals surface area contributed by atoms with E-state index >= 15 is 0 Å². The SMILES string of the molecule is COc1ccc2c(OCc3ccc(S(=O)C=N)cc3F)ccnc2c1. The second-order valence-corrected chi connectivity index (χ2v) is 6.45. The second kappa shape index (κ2) is 7.40. The highest BCUT2D eigenvalue weighted by Crippen LogP contribution is 2.28. The first kappa shape index (κ1) is 17.0. The van der Waals surface area contributed by atoms with Gasteiger partial charge in [-0.2, -0.15) is 0 Å². The minimum absolute atomic E-state index is 0.0223. The molecule has 25 heavy (non-hydrogen) atoms. The van der Waals surface area contributed by atoms with E-state index in [1.807, 2.05) is 6.07 Å². The van der Waals surface area contributed by atoms with Crippen molar-refractivity contribution in [3.8, 4) is 11.5 Å². The zero-order valence-electron chi connectivity index (χ0n) is 13.4. The molecule has 0 bridgehead atoms. The van der Waals surface area contributed by atoms with E-state index in [1.54, 1.807) is 31.5 Å². The highest BCUT2D eigenvalue weighted by atomic mass is 32.2. The number of fused-ring (bicyclic) bond motifs is 1. The third-order valence-corrected chi connectivity index (χ3v) is 4.59. The fourth-order valence-corrected chi connectivity index (χ4v) is 2.91. The third-order valence-electron chi connectivity index (χ3n) is 3.66. The van der Waals surface area contributed by atoms with E-state index in [9.17, 15) is 8.60 Å². The molecule has 128 valence electrons. The van der Waals surface area contributed by atoms with Gasteiger partial charge in [0.25, 0.3) is 0 Å². The lowest BCUT2D eigenvalue weighted by Crippen LogP contribution is -2.01. The fourth-order valence-electron chi connectivity index (χ4n) is 2.35. The number of benzene rings is 2. The molecule has 3 aromatic rings. The lowest BCUT2D eigenvalue weighted by molar-refractivity contribution is 0.303. The summed E-state index contributed by atoms with van der Waals surface area (Å²) >= 11 is 0. The summed E-state index contributed by atoms with van der Waals surface area (Å²) in [6, 6.07) is 11.4. The summed E-state index contributed by atoms with van der Waals surface area (Å²) in [6.45, 7) is 0.0223. The van der Waals surface area contributed by atoms with Crippen LogP contribution in [0.2, 0.25) is 0 Å². The van der Waals surface area contributed by atoms with Crippen molar-refractivity contribution >= 4 is 27.2 Å². The number of rotatable bonds is 6. The van der Waals surface area contributed by atoms with Crippen LogP contribution in [0.15, 0.2) is 53.6 Å². The Hall–Kier alpha value is -2.80. The Morgan fingerprint density at radius 2 is 2.08 bits per heavy atom. The van der Waals surface area contributed by atoms with Crippen LogP contribution in [0.25, 0.3) is 10.9 Å². The maximum atomic E-state index is 14.1. The lowest BCUT2D eigenvalue weighted by Gasteiger charge is -2.11. The monoisotopic (exact) mass is 358 g/mol. The zero-order chi connectivity index (χ0) is 17.8. The van der Waals surface area contributed by atoms with Gasteiger partial charge in [-0.3, -0.25) is 10.4 Å². The molecule has 0 saturated heterocycles. The smallest absolute Gasteiger partial charge is 0.131 e. The van der Waals surface area contributed by atoms with Gasteiger partial charge >= 0.3 is 0 Å². The van der Waals surface area contributed by atoms with Crippen LogP contribution >= 0.6 is 0 Å². The number of hydrogen-bond donors (Lipinski definition) is 1. The number of hydrogen-bond acceptors (Lipinski definition) is 5. The molecule has 1 atom stereocenters. The Kier molecular flexibility index (Phi) is 5.04. The van der Waals surface area contributed by atoms with Crippen molar-refractivity contribution in [3.63, 3.8) is 0 Å². The molecule has 7 heteroatoms. The maximum Gasteiger partial charge on any atom is 0.131 e. The quantitative estimate of drug-likeness (QED) is 0.539. The molecule has 0 fully saturated rings. The van der Waals surface area contributed by atoms with Gasteiger partial charge in [-0.25, -0.2) is 8.60 Å². The Morgan fingerprint density at radius 3 is 2.80 bits per heavy atom. The van der Waals surface area contributed by atoms with Crippen LogP contribution in [0.5, 0.6) is 11.5 Å². The second-order valence-electron chi connectivity index (χ2n) is 5.15. The lowest BCUT2D eigenvalue weighted by atomic mass is 10.2. The molecular weight excluding hydrogens is 343 g/mol. The third kappa shape index (κ3) is 3.66. The van der Waals surface area contributed by atoms with Crippen molar-refractivity contribution < 1.29 is 18.1 Å². The standard InChI is InChI=1S/C18H15FN2O3S/c1-23-13-3-5-15-17(8-13)21-7-6-18(15)24-10-12-2-4-14(9-16(12)19)25(22)11-20/h2-9,11,20H,10H2,1H3. The number of nitrogens with one attached hydrogen (secondary N) is 1. The molecule has 0 aliphatic rings. The van der Waals surface area contributed by atoms with E-state index in [-0.39, 0.29) is 11.5 Å². The molecule has 5 nitrogen and oxygen atoms in total. The molecule has 0 amide bonds. The summed E-state index contributed by atoms with van der Waals surface area (Å²) in [4.78, 5) is 4.52. The van der Waals surface area contributed by atoms with Crippen molar-refractivity contribution in [2.45, 2.75) is 11.5 Å². The molecule has 1 heterocycles. The molecule has 0 aliphatic carbocycles. The first-order valence-electron chi connectivity index (χ1n) is 7.37. The summed E-state index contributed by atoms with van der Waals surface area (Å²) in [5, 5.41) is 7.78. The first-order valence-corrected chi connectivity index (χ1v) is 8.59. The summed E-state index contributed by atoms with van der Waals surface area (Å²) in [6.07, 6.45) is 1.61. The van der Waals surface area contributed by atoms with Gasteiger partial charge in [0.2, 0.25) is 0 Å². The van der Waals surface area contributed by atoms with E-state index in [2.05, 4.69) is 4.98 Å². The molecule has 1 N–H and O–H groups in total. The maximum absolute atomic E-state index is 14.1. The highest BCUT2D eigenvalue weighted by Gasteiger charge is 2.10. The van der Waals surface area contributed by atoms with E-state index in [0.717, 1.165) is 17.0 Å². The molecular formula is C18H15FN2O3S. The Bertz CT molecular complexity index is 962. The number of ether oxygens (including phenoxy) is 2. The molecule has 0 saturated carbocycles. The molecule has 1 aromatic heterocycles. The highest BCUT2D eigenvalue weighted by molar-refractivity contribution is 7.98. The number of methoxy groups -OCH3 is 1. The van der Waals surface area contributed by atoms with Crippen LogP contribution in [0.1, 0.15) is 5.56 Å². The van der Waals surface area contributed by atoms with Gasteiger partial charge in [-0.15, -0.1) is 0 Å². The Balaban J connectivity index is 1.83. The summed E-state index contributed by atoms with van der Waals surface area (Å²) in [5.74, 6) is 0.755. The van der Waals surface area contributed by atoms with Crippen molar-refractivity contribution in [1.29, 1.82) is 5.41 Å². The minimum atomic E-state index is -1.63. The number of nitrogens with zero attached hydrogens (tertiary/aromatic N) is 1. The molecule has 0 spiro atoms. The van der Waals surface area contributed by atoms with Gasteiger partial charge < -0.3 is 9.47 Å². The predicted molar refractivity (Wildman–Crippen MR) is 94.2 cm³/mol. The van der Waals surface area contributed by atoms with E-state index in [4.69, 9.17) is 14.9 Å². The average molecular weight is 358 g/mol. The van der Waals surface area contributed by atoms with Crippen LogP contribution in [-0.2, 0) is 17.4 Å². The van der Waals surface area contributed by atoms with Gasteiger partial charge in [-0.05, 0) is 30.3 Å². The molecule has 2 aromatic carbocycles. The van der Waals surface area contributed by atoms with Gasteiger partial charge in [0.1, 0.15) is 23.9 Å². The summed E-state index contributed by atoms with van der Waals surface area (Å²) in [7, 11) is -0.0472. The van der Waals surface area contributed by atoms with E-state index < -0.39 is 16.6 Å². The topological polar surface area (TPSA) is 72.3 Å². The average Bonchev–Trinajstić information content (AvgIpc) is 2.65. The van der Waals surface area contributed by atoms with Gasteiger partial charge in [0.05, 0.1) is 29.0 Å². The zero-order valence-corrected chi connectivity index (χ0v) is 14.2. The summed E-state index contributed by atoms with van der Waals surface area (Å²) in [5.41, 5.74) is 1.82.